The highest BCUT2D eigenvalue weighted by Gasteiger charge is 2.59. The fourth-order valence-electron chi connectivity index (χ4n) is 3.89. The smallest absolute Gasteiger partial charge is 0.311 e. The highest BCUT2D eigenvalue weighted by molar-refractivity contribution is 5.74. The molecule has 0 amide bonds. The van der Waals surface area contributed by atoms with E-state index in [1.807, 2.05) is 0 Å². The second-order valence-electron chi connectivity index (χ2n) is 7.31. The van der Waals surface area contributed by atoms with E-state index in [2.05, 4.69) is 27.7 Å². The first kappa shape index (κ1) is 14.8. The van der Waals surface area contributed by atoms with Crippen molar-refractivity contribution < 1.29 is 14.3 Å². The van der Waals surface area contributed by atoms with E-state index >= 15 is 0 Å². The Balaban J connectivity index is 2.23. The van der Waals surface area contributed by atoms with Gasteiger partial charge >= 0.3 is 5.97 Å². The summed E-state index contributed by atoms with van der Waals surface area (Å²) in [5.74, 6) is 0.959. The first-order chi connectivity index (χ1) is 8.83. The van der Waals surface area contributed by atoms with Crippen molar-refractivity contribution in [1.82, 2.24) is 0 Å². The second kappa shape index (κ2) is 5.08. The van der Waals surface area contributed by atoms with Crippen LogP contribution in [0.25, 0.3) is 0 Å². The molecule has 0 spiro atoms. The molecule has 3 rings (SSSR count). The van der Waals surface area contributed by atoms with E-state index < -0.39 is 0 Å². The molecule has 0 heterocycles. The van der Waals surface area contributed by atoms with Gasteiger partial charge in [-0.2, -0.15) is 0 Å². The SMILES string of the molecule is COC(=O)C1CC2(C)CCC1(OCC(C)C)CC2C. The van der Waals surface area contributed by atoms with Crippen molar-refractivity contribution in [3.8, 4) is 0 Å². The van der Waals surface area contributed by atoms with Crippen LogP contribution in [0.5, 0.6) is 0 Å². The topological polar surface area (TPSA) is 35.5 Å². The molecule has 0 saturated heterocycles. The third-order valence-electron chi connectivity index (χ3n) is 5.46. The van der Waals surface area contributed by atoms with Crippen LogP contribution in [0.1, 0.15) is 53.4 Å². The molecule has 3 heteroatoms. The number of carbonyl (C=O) groups is 1. The Hall–Kier alpha value is -0.570. The van der Waals surface area contributed by atoms with Crippen molar-refractivity contribution in [3.05, 3.63) is 0 Å². The second-order valence-corrected chi connectivity index (χ2v) is 7.31. The predicted octanol–water partition coefficient (Wildman–Crippen LogP) is 3.42. The van der Waals surface area contributed by atoms with Gasteiger partial charge in [0, 0.05) is 6.61 Å². The van der Waals surface area contributed by atoms with Gasteiger partial charge < -0.3 is 9.47 Å². The van der Waals surface area contributed by atoms with Crippen LogP contribution in [-0.2, 0) is 14.3 Å². The first-order valence-corrected chi connectivity index (χ1v) is 7.55. The van der Waals surface area contributed by atoms with Crippen LogP contribution in [0.15, 0.2) is 0 Å². The Bertz CT molecular complexity index is 352. The van der Waals surface area contributed by atoms with Crippen molar-refractivity contribution in [1.29, 1.82) is 0 Å². The first-order valence-electron chi connectivity index (χ1n) is 7.55. The van der Waals surface area contributed by atoms with Crippen LogP contribution in [0.3, 0.4) is 0 Å². The van der Waals surface area contributed by atoms with E-state index in [-0.39, 0.29) is 22.9 Å². The monoisotopic (exact) mass is 268 g/mol. The van der Waals surface area contributed by atoms with Gasteiger partial charge in [-0.05, 0) is 42.9 Å². The molecule has 3 aliphatic carbocycles. The molecule has 0 N–H and O–H groups in total. The van der Waals surface area contributed by atoms with E-state index in [0.29, 0.717) is 11.8 Å². The van der Waals surface area contributed by atoms with Gasteiger partial charge in [-0.1, -0.05) is 27.7 Å². The molecule has 0 aromatic heterocycles. The van der Waals surface area contributed by atoms with Gasteiger partial charge in [-0.3, -0.25) is 4.79 Å². The van der Waals surface area contributed by atoms with Gasteiger partial charge in [-0.25, -0.2) is 0 Å². The molecule has 0 aromatic carbocycles. The van der Waals surface area contributed by atoms with Gasteiger partial charge in [0.1, 0.15) is 0 Å². The van der Waals surface area contributed by atoms with Crippen LogP contribution in [0.4, 0.5) is 0 Å². The lowest BCUT2D eigenvalue weighted by Crippen LogP contribution is -2.59. The minimum absolute atomic E-state index is 0.0776. The summed E-state index contributed by atoms with van der Waals surface area (Å²) in [6.07, 6.45) is 4.08. The van der Waals surface area contributed by atoms with Crippen molar-refractivity contribution in [2.24, 2.45) is 23.2 Å². The normalized spacial score (nSPS) is 41.6. The summed E-state index contributed by atoms with van der Waals surface area (Å²) in [5, 5.41) is 0. The molecule has 3 fully saturated rings. The Kier molecular flexibility index (Phi) is 3.97. The number of fused-ring (bicyclic) bond motifs is 3. The summed E-state index contributed by atoms with van der Waals surface area (Å²) in [6, 6.07) is 0. The lowest BCUT2D eigenvalue weighted by Gasteiger charge is -2.58. The molecule has 4 atom stereocenters. The molecular formula is C16H28O3. The quantitative estimate of drug-likeness (QED) is 0.733. The zero-order chi connectivity index (χ0) is 14.3. The van der Waals surface area contributed by atoms with E-state index in [9.17, 15) is 4.79 Å². The Labute approximate surface area is 117 Å². The van der Waals surface area contributed by atoms with E-state index in [1.54, 1.807) is 0 Å². The summed E-state index contributed by atoms with van der Waals surface area (Å²) < 4.78 is 11.3. The maximum Gasteiger partial charge on any atom is 0.311 e. The number of rotatable bonds is 4. The lowest BCUT2D eigenvalue weighted by molar-refractivity contribution is -0.209. The Morgan fingerprint density at radius 1 is 1.32 bits per heavy atom. The maximum absolute atomic E-state index is 12.2. The van der Waals surface area contributed by atoms with Gasteiger partial charge in [-0.15, -0.1) is 0 Å². The van der Waals surface area contributed by atoms with Crippen molar-refractivity contribution in [2.45, 2.75) is 59.0 Å². The molecule has 0 radical (unpaired) electrons. The number of hydrogen-bond donors (Lipinski definition) is 0. The molecule has 0 aliphatic heterocycles. The van der Waals surface area contributed by atoms with Crippen LogP contribution in [0, 0.1) is 23.2 Å². The van der Waals surface area contributed by atoms with Gasteiger partial charge in [0.25, 0.3) is 0 Å². The van der Waals surface area contributed by atoms with Gasteiger partial charge in [0.2, 0.25) is 0 Å². The summed E-state index contributed by atoms with van der Waals surface area (Å²) in [5.41, 5.74) is 0.0103. The zero-order valence-corrected chi connectivity index (χ0v) is 13.0. The summed E-state index contributed by atoms with van der Waals surface area (Å²) >= 11 is 0. The van der Waals surface area contributed by atoms with Crippen molar-refractivity contribution >= 4 is 5.97 Å². The van der Waals surface area contributed by atoms with Gasteiger partial charge in [0.05, 0.1) is 18.6 Å². The van der Waals surface area contributed by atoms with Crippen LogP contribution in [0.2, 0.25) is 0 Å². The minimum Gasteiger partial charge on any atom is -0.469 e. The molecule has 3 nitrogen and oxygen atoms in total. The fourth-order valence-corrected chi connectivity index (χ4v) is 3.89. The average Bonchev–Trinajstić information content (AvgIpc) is 2.37. The third kappa shape index (κ3) is 2.54. The zero-order valence-electron chi connectivity index (χ0n) is 13.0. The molecule has 19 heavy (non-hydrogen) atoms. The number of esters is 1. The standard InChI is InChI=1S/C16H28O3/c1-11(2)10-19-16-7-6-15(4,12(3)8-16)9-13(16)14(17)18-5/h11-13H,6-10H2,1-5H3. The molecule has 3 aliphatic rings. The average molecular weight is 268 g/mol. The minimum atomic E-state index is -0.269. The van der Waals surface area contributed by atoms with Crippen molar-refractivity contribution in [3.63, 3.8) is 0 Å². The van der Waals surface area contributed by atoms with E-state index in [4.69, 9.17) is 9.47 Å². The van der Waals surface area contributed by atoms with Crippen LogP contribution >= 0.6 is 0 Å². The van der Waals surface area contributed by atoms with E-state index in [0.717, 1.165) is 25.9 Å². The number of hydrogen-bond acceptors (Lipinski definition) is 3. The summed E-state index contributed by atoms with van der Waals surface area (Å²) in [4.78, 5) is 12.2. The Morgan fingerprint density at radius 2 is 2.00 bits per heavy atom. The molecule has 2 bridgehead atoms. The molecule has 4 unspecified atom stereocenters. The third-order valence-corrected chi connectivity index (χ3v) is 5.46. The number of ether oxygens (including phenoxy) is 2. The van der Waals surface area contributed by atoms with Crippen LogP contribution < -0.4 is 0 Å². The fraction of sp³-hybridized carbons (Fsp3) is 0.938. The van der Waals surface area contributed by atoms with Crippen LogP contribution in [-0.4, -0.2) is 25.3 Å². The number of methoxy groups -OCH3 is 1. The predicted molar refractivity (Wildman–Crippen MR) is 74.8 cm³/mol. The largest absolute Gasteiger partial charge is 0.469 e. The lowest BCUT2D eigenvalue weighted by atomic mass is 9.50. The van der Waals surface area contributed by atoms with Crippen molar-refractivity contribution in [2.75, 3.05) is 13.7 Å². The number of carbonyl (C=O) groups excluding carboxylic acids is 1. The summed E-state index contributed by atoms with van der Waals surface area (Å²) in [6.45, 7) is 9.67. The molecule has 0 aromatic rings. The highest BCUT2D eigenvalue weighted by atomic mass is 16.5. The Morgan fingerprint density at radius 3 is 2.53 bits per heavy atom. The highest BCUT2D eigenvalue weighted by Crippen LogP contribution is 2.59. The maximum atomic E-state index is 12.2. The van der Waals surface area contributed by atoms with E-state index in [1.165, 1.54) is 13.5 Å². The van der Waals surface area contributed by atoms with Gasteiger partial charge in [0.15, 0.2) is 0 Å². The molecule has 110 valence electrons. The summed E-state index contributed by atoms with van der Waals surface area (Å²) in [7, 11) is 1.49. The molecule has 3 saturated carbocycles. The molecular weight excluding hydrogens is 240 g/mol.